The lowest BCUT2D eigenvalue weighted by Gasteiger charge is -2.26. The summed E-state index contributed by atoms with van der Waals surface area (Å²) in [4.78, 5) is 10.8. The molecule has 190 valence electrons. The lowest BCUT2D eigenvalue weighted by Crippen LogP contribution is -2.25. The van der Waals surface area contributed by atoms with E-state index in [0.717, 1.165) is 69.6 Å². The second-order valence-corrected chi connectivity index (χ2v) is 10.4. The van der Waals surface area contributed by atoms with E-state index in [-0.39, 0.29) is 0 Å². The Labute approximate surface area is 219 Å². The Balaban J connectivity index is 0.000000187. The van der Waals surface area contributed by atoms with Gasteiger partial charge in [-0.15, -0.1) is 0 Å². The van der Waals surface area contributed by atoms with Gasteiger partial charge in [0.2, 0.25) is 0 Å². The lowest BCUT2D eigenvalue weighted by atomic mass is 9.83. The maximum atomic E-state index is 6.21. The van der Waals surface area contributed by atoms with Crippen LogP contribution >= 0.6 is 11.6 Å². The molecule has 2 heterocycles. The van der Waals surface area contributed by atoms with E-state index in [1.807, 2.05) is 86.6 Å². The Morgan fingerprint density at radius 2 is 1.67 bits per heavy atom. The number of para-hydroxylation sites is 1. The van der Waals surface area contributed by atoms with Gasteiger partial charge in [0, 0.05) is 25.0 Å². The molecule has 0 bridgehead atoms. The van der Waals surface area contributed by atoms with Gasteiger partial charge in [-0.1, -0.05) is 55.6 Å². The van der Waals surface area contributed by atoms with Crippen LogP contribution in [0.3, 0.4) is 0 Å². The molecule has 2 aromatic heterocycles. The molecule has 0 saturated heterocycles. The number of nitrogens with one attached hydrogen (secondary N) is 1. The highest BCUT2D eigenvalue weighted by Crippen LogP contribution is 2.30. The number of nitrogens with zero attached hydrogens (tertiary/aromatic N) is 3. The molecule has 1 fully saturated rings. The highest BCUT2D eigenvalue weighted by atomic mass is 35.5. The minimum atomic E-state index is 0.729. The molecule has 4 aromatic rings. The second kappa shape index (κ2) is 12.4. The molecule has 36 heavy (non-hydrogen) atoms. The molecule has 0 unspecified atom stereocenters. The van der Waals surface area contributed by atoms with Crippen LogP contribution in [0.4, 0.5) is 5.82 Å². The van der Waals surface area contributed by atoms with Gasteiger partial charge in [-0.3, -0.25) is 0 Å². The summed E-state index contributed by atoms with van der Waals surface area (Å²) < 4.78 is 5.91. The van der Waals surface area contributed by atoms with E-state index in [0.29, 0.717) is 0 Å². The van der Waals surface area contributed by atoms with Crippen molar-refractivity contribution in [3.8, 4) is 11.3 Å². The number of anilines is 1. The Hall–Kier alpha value is -2.89. The molecule has 5 nitrogen and oxygen atoms in total. The van der Waals surface area contributed by atoms with Crippen LogP contribution in [-0.4, -0.2) is 30.6 Å². The molecule has 0 spiro atoms. The fourth-order valence-electron chi connectivity index (χ4n) is 4.73. The van der Waals surface area contributed by atoms with Gasteiger partial charge in [0.25, 0.3) is 0 Å². The van der Waals surface area contributed by atoms with Crippen LogP contribution in [0.1, 0.15) is 44.2 Å². The summed E-state index contributed by atoms with van der Waals surface area (Å²) >= 11 is 6.21. The molecule has 1 aliphatic rings. The van der Waals surface area contributed by atoms with Crippen LogP contribution in [0.15, 0.2) is 65.1 Å². The van der Waals surface area contributed by atoms with Crippen molar-refractivity contribution in [3.63, 3.8) is 0 Å². The number of aryl methyl sites for hydroxylation is 1. The van der Waals surface area contributed by atoms with Gasteiger partial charge in [-0.25, -0.2) is 9.97 Å². The minimum absolute atomic E-state index is 0.729. The van der Waals surface area contributed by atoms with E-state index in [2.05, 4.69) is 22.2 Å². The van der Waals surface area contributed by atoms with E-state index in [4.69, 9.17) is 16.0 Å². The first-order valence-electron chi connectivity index (χ1n) is 12.9. The van der Waals surface area contributed by atoms with E-state index < -0.39 is 0 Å². The normalized spacial score (nSPS) is 17.5. The second-order valence-electron chi connectivity index (χ2n) is 10.0. The average Bonchev–Trinajstić information content (AvgIpc) is 3.34. The number of hydrogen-bond acceptors (Lipinski definition) is 5. The first-order chi connectivity index (χ1) is 17.4. The van der Waals surface area contributed by atoms with Crippen molar-refractivity contribution in [2.45, 2.75) is 46.1 Å². The van der Waals surface area contributed by atoms with Gasteiger partial charge in [0.15, 0.2) is 0 Å². The molecule has 5 rings (SSSR count). The molecule has 0 atom stereocenters. The number of rotatable bonds is 6. The molecule has 1 aliphatic carbocycles. The number of benzene rings is 2. The molecule has 0 radical (unpaired) electrons. The quantitative estimate of drug-likeness (QED) is 0.294. The molecule has 2 aromatic carbocycles. The van der Waals surface area contributed by atoms with Gasteiger partial charge >= 0.3 is 0 Å². The first-order valence-corrected chi connectivity index (χ1v) is 13.2. The zero-order valence-electron chi connectivity index (χ0n) is 21.8. The van der Waals surface area contributed by atoms with Crippen molar-refractivity contribution in [2.24, 2.45) is 11.8 Å². The number of aromatic nitrogens is 2. The molecule has 1 saturated carbocycles. The summed E-state index contributed by atoms with van der Waals surface area (Å²) in [6, 6.07) is 19.9. The van der Waals surface area contributed by atoms with E-state index >= 15 is 0 Å². The molecule has 0 amide bonds. The van der Waals surface area contributed by atoms with Gasteiger partial charge in [-0.05, 0) is 74.5 Å². The number of halogens is 1. The monoisotopic (exact) mass is 504 g/mol. The van der Waals surface area contributed by atoms with Crippen LogP contribution in [0.25, 0.3) is 22.2 Å². The summed E-state index contributed by atoms with van der Waals surface area (Å²) in [5.74, 6) is 5.35. The molecular weight excluding hydrogens is 468 g/mol. The highest BCUT2D eigenvalue weighted by molar-refractivity contribution is 6.33. The summed E-state index contributed by atoms with van der Waals surface area (Å²) in [6.45, 7) is 6.16. The minimum Gasteiger partial charge on any atom is -0.460 e. The van der Waals surface area contributed by atoms with Crippen molar-refractivity contribution < 1.29 is 4.42 Å². The lowest BCUT2D eigenvalue weighted by molar-refractivity contribution is 0.279. The Morgan fingerprint density at radius 3 is 2.42 bits per heavy atom. The SMILES string of the molecule is CC1CCC(CNCc2ccc(-c3ccccc3Cl)o2)CC1.Cc1nc(N(C)C)c2ccccc2n1. The van der Waals surface area contributed by atoms with Gasteiger partial charge in [0.1, 0.15) is 23.2 Å². The number of hydrogen-bond donors (Lipinski definition) is 1. The fourth-order valence-corrected chi connectivity index (χ4v) is 4.95. The molecule has 6 heteroatoms. The van der Waals surface area contributed by atoms with Crippen molar-refractivity contribution in [1.82, 2.24) is 15.3 Å². The molecule has 0 aliphatic heterocycles. The third kappa shape index (κ3) is 6.86. The maximum absolute atomic E-state index is 6.21. The smallest absolute Gasteiger partial charge is 0.139 e. The predicted octanol–water partition coefficient (Wildman–Crippen LogP) is 7.52. The first kappa shape index (κ1) is 26.2. The predicted molar refractivity (Wildman–Crippen MR) is 151 cm³/mol. The third-order valence-electron chi connectivity index (χ3n) is 6.79. The largest absolute Gasteiger partial charge is 0.460 e. The van der Waals surface area contributed by atoms with Gasteiger partial charge in [-0.2, -0.15) is 0 Å². The number of fused-ring (bicyclic) bond motifs is 1. The van der Waals surface area contributed by atoms with Crippen LogP contribution in [0, 0.1) is 18.8 Å². The third-order valence-corrected chi connectivity index (χ3v) is 7.12. The Kier molecular flexibility index (Phi) is 9.00. The zero-order chi connectivity index (χ0) is 25.5. The summed E-state index contributed by atoms with van der Waals surface area (Å²) in [7, 11) is 3.99. The van der Waals surface area contributed by atoms with Crippen LogP contribution in [0.5, 0.6) is 0 Å². The van der Waals surface area contributed by atoms with Crippen LogP contribution in [0.2, 0.25) is 5.02 Å². The van der Waals surface area contributed by atoms with Crippen LogP contribution in [-0.2, 0) is 6.54 Å². The van der Waals surface area contributed by atoms with Crippen molar-refractivity contribution in [1.29, 1.82) is 0 Å². The molecular formula is C30H37ClN4O. The van der Waals surface area contributed by atoms with E-state index in [9.17, 15) is 0 Å². The Morgan fingerprint density at radius 1 is 0.944 bits per heavy atom. The Bertz CT molecular complexity index is 1260. The highest BCUT2D eigenvalue weighted by Gasteiger charge is 2.18. The summed E-state index contributed by atoms with van der Waals surface area (Å²) in [5, 5.41) is 5.37. The van der Waals surface area contributed by atoms with E-state index in [1.165, 1.54) is 25.7 Å². The summed E-state index contributed by atoms with van der Waals surface area (Å²) in [6.07, 6.45) is 5.47. The summed E-state index contributed by atoms with van der Waals surface area (Å²) in [5.41, 5.74) is 1.96. The molecule has 1 N–H and O–H groups in total. The van der Waals surface area contributed by atoms with Crippen LogP contribution < -0.4 is 10.2 Å². The van der Waals surface area contributed by atoms with Gasteiger partial charge in [0.05, 0.1) is 17.1 Å². The standard InChI is InChI=1S/C19H24ClNO.C11H13N3/c1-14-6-8-15(9-7-14)12-21-13-16-10-11-19(22-16)17-4-2-3-5-18(17)20;1-8-12-10-7-5-4-6-9(10)11(13-8)14(2)3/h2-5,10-11,14-15,21H,6-9,12-13H2,1H3;4-7H,1-3H3. The van der Waals surface area contributed by atoms with Crippen molar-refractivity contribution >= 4 is 28.3 Å². The van der Waals surface area contributed by atoms with Gasteiger partial charge < -0.3 is 14.6 Å². The zero-order valence-corrected chi connectivity index (χ0v) is 22.6. The van der Waals surface area contributed by atoms with Crippen molar-refractivity contribution in [2.75, 3.05) is 25.5 Å². The maximum Gasteiger partial charge on any atom is 0.139 e. The topological polar surface area (TPSA) is 54.2 Å². The number of furan rings is 1. The average molecular weight is 505 g/mol. The fraction of sp³-hybridized carbons (Fsp3) is 0.400. The van der Waals surface area contributed by atoms with E-state index in [1.54, 1.807) is 0 Å². The van der Waals surface area contributed by atoms with Crippen molar-refractivity contribution in [3.05, 3.63) is 77.3 Å².